The molecule has 7 nitrogen and oxygen atoms in total. The maximum atomic E-state index is 11.5. The van der Waals surface area contributed by atoms with Gasteiger partial charge in [-0.3, -0.25) is 4.98 Å². The lowest BCUT2D eigenvalue weighted by atomic mass is 9.97. The first-order chi connectivity index (χ1) is 15.7. The van der Waals surface area contributed by atoms with Crippen LogP contribution in [-0.4, -0.2) is 32.2 Å². The third kappa shape index (κ3) is 4.15. The minimum Gasteiger partial charge on any atom is -0.492 e. The summed E-state index contributed by atoms with van der Waals surface area (Å²) in [5, 5.41) is 13.0. The van der Waals surface area contributed by atoms with E-state index in [1.807, 2.05) is 30.3 Å². The number of imidazole rings is 1. The number of hydrogen-bond donors (Lipinski definition) is 2. The van der Waals surface area contributed by atoms with Crippen molar-refractivity contribution in [1.29, 1.82) is 0 Å². The van der Waals surface area contributed by atoms with Gasteiger partial charge in [0.2, 0.25) is 0 Å². The molecular formula is C24H22N4O3S. The Morgan fingerprint density at radius 3 is 2.84 bits per heavy atom. The number of carboxylic acid groups (broad SMARTS) is 1. The van der Waals surface area contributed by atoms with Crippen LogP contribution in [0.2, 0.25) is 0 Å². The van der Waals surface area contributed by atoms with Crippen LogP contribution in [0.1, 0.15) is 39.6 Å². The molecule has 2 N–H and O–H groups in total. The van der Waals surface area contributed by atoms with Crippen LogP contribution in [0.3, 0.4) is 0 Å². The molecule has 4 aromatic rings. The highest BCUT2D eigenvalue weighted by Crippen LogP contribution is 2.35. The zero-order chi connectivity index (χ0) is 21.9. The number of carboxylic acids is 1. The Morgan fingerprint density at radius 1 is 1.19 bits per heavy atom. The van der Waals surface area contributed by atoms with Gasteiger partial charge in [-0.1, -0.05) is 36.4 Å². The number of thiazole rings is 1. The van der Waals surface area contributed by atoms with Gasteiger partial charge in [-0.05, 0) is 17.2 Å². The summed E-state index contributed by atoms with van der Waals surface area (Å²) in [6.45, 7) is 1.84. The number of aromatic carboxylic acids is 1. The minimum atomic E-state index is -0.970. The van der Waals surface area contributed by atoms with Crippen molar-refractivity contribution in [2.24, 2.45) is 0 Å². The molecule has 162 valence electrons. The van der Waals surface area contributed by atoms with E-state index in [9.17, 15) is 9.90 Å². The fraction of sp³-hybridized carbons (Fsp3) is 0.208. The first-order valence-electron chi connectivity index (χ1n) is 10.4. The van der Waals surface area contributed by atoms with Crippen molar-refractivity contribution in [2.45, 2.75) is 25.6 Å². The number of benzene rings is 2. The Morgan fingerprint density at radius 2 is 2.06 bits per heavy atom. The number of ether oxygens (including phenoxy) is 1. The Labute approximate surface area is 189 Å². The maximum Gasteiger partial charge on any atom is 0.339 e. The molecule has 32 heavy (non-hydrogen) atoms. The van der Waals surface area contributed by atoms with Crippen molar-refractivity contribution < 1.29 is 14.6 Å². The number of rotatable bonds is 7. The lowest BCUT2D eigenvalue weighted by Crippen LogP contribution is -2.28. The highest BCUT2D eigenvalue weighted by Gasteiger charge is 2.25. The predicted molar refractivity (Wildman–Crippen MR) is 122 cm³/mol. The number of carbonyl (C=O) groups is 1. The van der Waals surface area contributed by atoms with E-state index in [4.69, 9.17) is 4.74 Å². The first kappa shape index (κ1) is 20.4. The van der Waals surface area contributed by atoms with Gasteiger partial charge in [0, 0.05) is 43.5 Å². The summed E-state index contributed by atoms with van der Waals surface area (Å²) in [4.78, 5) is 21.2. The molecule has 0 bridgehead atoms. The molecule has 0 saturated carbocycles. The molecule has 0 fully saturated rings. The van der Waals surface area contributed by atoms with Crippen LogP contribution >= 0.6 is 11.3 Å². The fourth-order valence-electron chi connectivity index (χ4n) is 4.00. The Kier molecular flexibility index (Phi) is 5.70. The third-order valence-electron chi connectivity index (χ3n) is 5.66. The quantitative estimate of drug-likeness (QED) is 0.438. The second kappa shape index (κ2) is 8.94. The predicted octanol–water partition coefficient (Wildman–Crippen LogP) is 4.37. The molecule has 2 aromatic heterocycles. The van der Waals surface area contributed by atoms with Gasteiger partial charge in [-0.15, -0.1) is 11.3 Å². The Balaban J connectivity index is 1.28. The molecule has 1 atom stereocenters. The number of nitrogens with one attached hydrogen (secondary N) is 1. The molecular weight excluding hydrogens is 424 g/mol. The van der Waals surface area contributed by atoms with E-state index in [1.165, 1.54) is 11.1 Å². The molecule has 0 radical (unpaired) electrons. The third-order valence-corrected chi connectivity index (χ3v) is 6.48. The Hall–Kier alpha value is -3.49. The SMILES string of the molecule is O=C(O)c1cccc2c1OCCC2NCc1cncn1Cc1ccc(-c2cncs2)cc1. The summed E-state index contributed by atoms with van der Waals surface area (Å²) in [6.07, 6.45) is 6.37. The van der Waals surface area contributed by atoms with Crippen LogP contribution in [-0.2, 0) is 13.1 Å². The van der Waals surface area contributed by atoms with Gasteiger partial charge in [0.1, 0.15) is 11.3 Å². The normalized spacial score (nSPS) is 15.2. The van der Waals surface area contributed by atoms with E-state index in [2.05, 4.69) is 44.1 Å². The van der Waals surface area contributed by atoms with Crippen LogP contribution < -0.4 is 10.1 Å². The second-order valence-electron chi connectivity index (χ2n) is 7.68. The highest BCUT2D eigenvalue weighted by atomic mass is 32.1. The second-order valence-corrected chi connectivity index (χ2v) is 8.56. The molecule has 2 aromatic carbocycles. The average Bonchev–Trinajstić information content (AvgIpc) is 3.50. The summed E-state index contributed by atoms with van der Waals surface area (Å²) in [6, 6.07) is 13.8. The summed E-state index contributed by atoms with van der Waals surface area (Å²) in [7, 11) is 0. The molecule has 0 saturated heterocycles. The molecule has 3 heterocycles. The monoisotopic (exact) mass is 446 g/mol. The van der Waals surface area contributed by atoms with Crippen LogP contribution in [0.4, 0.5) is 0 Å². The van der Waals surface area contributed by atoms with Crippen molar-refractivity contribution in [3.63, 3.8) is 0 Å². The summed E-state index contributed by atoms with van der Waals surface area (Å²) in [5.41, 5.74) is 6.37. The molecule has 1 aliphatic rings. The van der Waals surface area contributed by atoms with Crippen LogP contribution in [0.5, 0.6) is 5.75 Å². The van der Waals surface area contributed by atoms with Gasteiger partial charge in [0.15, 0.2) is 0 Å². The van der Waals surface area contributed by atoms with Gasteiger partial charge in [-0.25, -0.2) is 9.78 Å². The number of nitrogens with zero attached hydrogens (tertiary/aromatic N) is 3. The number of hydrogen-bond acceptors (Lipinski definition) is 6. The molecule has 0 amide bonds. The molecule has 0 aliphatic carbocycles. The zero-order valence-electron chi connectivity index (χ0n) is 17.3. The zero-order valence-corrected chi connectivity index (χ0v) is 18.1. The lowest BCUT2D eigenvalue weighted by Gasteiger charge is -2.28. The van der Waals surface area contributed by atoms with E-state index in [1.54, 1.807) is 23.5 Å². The van der Waals surface area contributed by atoms with Crippen molar-refractivity contribution >= 4 is 17.3 Å². The lowest BCUT2D eigenvalue weighted by molar-refractivity contribution is 0.0690. The van der Waals surface area contributed by atoms with Crippen molar-refractivity contribution in [1.82, 2.24) is 19.9 Å². The van der Waals surface area contributed by atoms with E-state index in [-0.39, 0.29) is 11.6 Å². The summed E-state index contributed by atoms with van der Waals surface area (Å²) < 4.78 is 7.81. The molecule has 5 rings (SSSR count). The Bertz CT molecular complexity index is 1220. The van der Waals surface area contributed by atoms with Gasteiger partial charge in [-0.2, -0.15) is 0 Å². The number of para-hydroxylation sites is 1. The van der Waals surface area contributed by atoms with E-state index >= 15 is 0 Å². The standard InChI is InChI=1S/C24H22N4O3S/c29-24(30)20-3-1-2-19-21(8-9-31-23(19)20)27-11-18-10-25-14-28(18)13-16-4-6-17(7-5-16)22-12-26-15-32-22/h1-7,10,12,14-15,21,27H,8-9,11,13H2,(H,29,30). The molecule has 0 spiro atoms. The van der Waals surface area contributed by atoms with Gasteiger partial charge in [0.25, 0.3) is 0 Å². The average molecular weight is 447 g/mol. The number of aromatic nitrogens is 3. The molecule has 1 unspecified atom stereocenters. The van der Waals surface area contributed by atoms with Crippen LogP contribution in [0.15, 0.2) is 66.7 Å². The van der Waals surface area contributed by atoms with E-state index in [0.717, 1.165) is 29.1 Å². The maximum absolute atomic E-state index is 11.5. The highest BCUT2D eigenvalue weighted by molar-refractivity contribution is 7.13. The summed E-state index contributed by atoms with van der Waals surface area (Å²) >= 11 is 1.63. The van der Waals surface area contributed by atoms with Crippen molar-refractivity contribution in [3.8, 4) is 16.2 Å². The largest absolute Gasteiger partial charge is 0.492 e. The van der Waals surface area contributed by atoms with Crippen LogP contribution in [0, 0.1) is 0 Å². The first-order valence-corrected chi connectivity index (χ1v) is 11.3. The van der Waals surface area contributed by atoms with Crippen molar-refractivity contribution in [3.05, 3.63) is 89.1 Å². The smallest absolute Gasteiger partial charge is 0.339 e. The topological polar surface area (TPSA) is 89.3 Å². The molecule has 1 aliphatic heterocycles. The van der Waals surface area contributed by atoms with E-state index in [0.29, 0.717) is 18.9 Å². The van der Waals surface area contributed by atoms with E-state index < -0.39 is 5.97 Å². The molecule has 8 heteroatoms. The minimum absolute atomic E-state index is 0.0279. The van der Waals surface area contributed by atoms with Crippen LogP contribution in [0.25, 0.3) is 10.4 Å². The summed E-state index contributed by atoms with van der Waals surface area (Å²) in [5.74, 6) is -0.500. The van der Waals surface area contributed by atoms with Gasteiger partial charge in [0.05, 0.1) is 29.0 Å². The van der Waals surface area contributed by atoms with Gasteiger partial charge >= 0.3 is 5.97 Å². The van der Waals surface area contributed by atoms with Crippen molar-refractivity contribution in [2.75, 3.05) is 6.61 Å². The number of fused-ring (bicyclic) bond motifs is 1. The fourth-order valence-corrected chi connectivity index (χ4v) is 4.63. The van der Waals surface area contributed by atoms with Gasteiger partial charge < -0.3 is 19.7 Å².